The first-order valence-electron chi connectivity index (χ1n) is 8.02. The van der Waals surface area contributed by atoms with Crippen molar-refractivity contribution in [1.82, 2.24) is 19.7 Å². The largest absolute Gasteiger partial charge is 0.483 e. The molecule has 0 radical (unpaired) electrons. The molecular formula is C17H19N5O2S2. The molecule has 1 aromatic carbocycles. The smallest absolute Gasteiger partial charge is 0.239 e. The number of carbonyl (C=O) groups is 1. The van der Waals surface area contributed by atoms with Crippen molar-refractivity contribution in [3.05, 3.63) is 47.7 Å². The van der Waals surface area contributed by atoms with Gasteiger partial charge in [0.2, 0.25) is 5.91 Å². The highest BCUT2D eigenvalue weighted by Gasteiger charge is 2.22. The number of rotatable bonds is 7. The fourth-order valence-corrected chi connectivity index (χ4v) is 3.60. The van der Waals surface area contributed by atoms with Gasteiger partial charge in [-0.3, -0.25) is 4.79 Å². The summed E-state index contributed by atoms with van der Waals surface area (Å²) >= 11 is 2.73. The molecule has 2 atom stereocenters. The van der Waals surface area contributed by atoms with Gasteiger partial charge in [0.15, 0.2) is 22.2 Å². The molecule has 26 heavy (non-hydrogen) atoms. The number of amides is 1. The Morgan fingerprint density at radius 3 is 2.73 bits per heavy atom. The van der Waals surface area contributed by atoms with E-state index < -0.39 is 0 Å². The minimum absolute atomic E-state index is 0.122. The summed E-state index contributed by atoms with van der Waals surface area (Å²) in [6.07, 6.45) is 1.39. The summed E-state index contributed by atoms with van der Waals surface area (Å²) in [6, 6.07) is 9.57. The van der Waals surface area contributed by atoms with E-state index in [-0.39, 0.29) is 17.3 Å². The molecule has 0 aliphatic rings. The van der Waals surface area contributed by atoms with Crippen molar-refractivity contribution in [3.63, 3.8) is 0 Å². The number of benzene rings is 1. The van der Waals surface area contributed by atoms with Crippen LogP contribution in [-0.2, 0) is 11.8 Å². The van der Waals surface area contributed by atoms with Gasteiger partial charge in [-0.1, -0.05) is 30.0 Å². The zero-order valence-electron chi connectivity index (χ0n) is 14.6. The summed E-state index contributed by atoms with van der Waals surface area (Å²) in [7, 11) is 1.87. The van der Waals surface area contributed by atoms with Gasteiger partial charge in [-0.2, -0.15) is 0 Å². The molecule has 1 amide bonds. The number of anilines is 1. The molecule has 3 aromatic rings. The van der Waals surface area contributed by atoms with Crippen LogP contribution in [0, 0.1) is 0 Å². The van der Waals surface area contributed by atoms with Gasteiger partial charge in [0.1, 0.15) is 5.75 Å². The van der Waals surface area contributed by atoms with Crippen molar-refractivity contribution in [1.29, 1.82) is 0 Å². The van der Waals surface area contributed by atoms with E-state index in [1.165, 1.54) is 23.1 Å². The maximum atomic E-state index is 12.3. The standard InChI is InChI=1S/C17H19N5O2S2/c1-11(24-13-7-5-4-6-8-13)14-20-21-17(22(14)3)26-12(2)15(23)19-16-18-9-10-25-16/h4-12H,1-3H3,(H,18,19,23)/t11-,12+/m1/s1. The average Bonchev–Trinajstić information content (AvgIpc) is 3.26. The van der Waals surface area contributed by atoms with E-state index in [9.17, 15) is 4.79 Å². The van der Waals surface area contributed by atoms with Crippen molar-refractivity contribution in [3.8, 4) is 5.75 Å². The van der Waals surface area contributed by atoms with Gasteiger partial charge in [0, 0.05) is 18.6 Å². The lowest BCUT2D eigenvalue weighted by molar-refractivity contribution is -0.115. The maximum Gasteiger partial charge on any atom is 0.239 e. The van der Waals surface area contributed by atoms with E-state index in [4.69, 9.17) is 4.74 Å². The molecule has 2 heterocycles. The molecule has 0 aliphatic heterocycles. The highest BCUT2D eigenvalue weighted by atomic mass is 32.2. The number of carbonyl (C=O) groups excluding carboxylic acids is 1. The van der Waals surface area contributed by atoms with Crippen LogP contribution in [0.25, 0.3) is 0 Å². The summed E-state index contributed by atoms with van der Waals surface area (Å²) in [5.74, 6) is 1.35. The molecule has 0 aliphatic carbocycles. The van der Waals surface area contributed by atoms with Gasteiger partial charge in [0.25, 0.3) is 0 Å². The zero-order valence-corrected chi connectivity index (χ0v) is 16.3. The zero-order chi connectivity index (χ0) is 18.5. The molecule has 0 bridgehead atoms. The van der Waals surface area contributed by atoms with E-state index >= 15 is 0 Å². The van der Waals surface area contributed by atoms with E-state index in [2.05, 4.69) is 20.5 Å². The first-order valence-corrected chi connectivity index (χ1v) is 9.78. The molecule has 9 heteroatoms. The Balaban J connectivity index is 1.63. The topological polar surface area (TPSA) is 81.9 Å². The van der Waals surface area contributed by atoms with Crippen LogP contribution in [0.4, 0.5) is 5.13 Å². The fraction of sp³-hybridized carbons (Fsp3) is 0.294. The van der Waals surface area contributed by atoms with Gasteiger partial charge >= 0.3 is 0 Å². The van der Waals surface area contributed by atoms with E-state index in [0.717, 1.165) is 5.75 Å². The minimum atomic E-state index is -0.333. The van der Waals surface area contributed by atoms with Crippen LogP contribution in [-0.4, -0.2) is 30.9 Å². The molecule has 1 N–H and O–H groups in total. The van der Waals surface area contributed by atoms with Crippen LogP contribution in [0.5, 0.6) is 5.75 Å². The monoisotopic (exact) mass is 389 g/mol. The minimum Gasteiger partial charge on any atom is -0.483 e. The quantitative estimate of drug-likeness (QED) is 0.623. The highest BCUT2D eigenvalue weighted by molar-refractivity contribution is 8.00. The van der Waals surface area contributed by atoms with E-state index in [1.807, 2.05) is 61.2 Å². The fourth-order valence-electron chi connectivity index (χ4n) is 2.24. The Kier molecular flexibility index (Phi) is 5.89. The molecule has 7 nitrogen and oxygen atoms in total. The highest BCUT2D eigenvalue weighted by Crippen LogP contribution is 2.26. The number of nitrogens with one attached hydrogen (secondary N) is 1. The average molecular weight is 390 g/mol. The molecule has 0 saturated carbocycles. The van der Waals surface area contributed by atoms with Gasteiger partial charge in [-0.05, 0) is 26.0 Å². The first-order chi connectivity index (χ1) is 12.5. The van der Waals surface area contributed by atoms with Crippen molar-refractivity contribution < 1.29 is 9.53 Å². The second-order valence-corrected chi connectivity index (χ2v) is 7.76. The molecule has 0 unspecified atom stereocenters. The molecule has 0 saturated heterocycles. The van der Waals surface area contributed by atoms with Crippen LogP contribution in [0.15, 0.2) is 47.1 Å². The summed E-state index contributed by atoms with van der Waals surface area (Å²) in [6.45, 7) is 3.75. The number of thioether (sulfide) groups is 1. The van der Waals surface area contributed by atoms with Crippen LogP contribution in [0.1, 0.15) is 25.8 Å². The van der Waals surface area contributed by atoms with Crippen molar-refractivity contribution in [2.24, 2.45) is 7.05 Å². The second-order valence-electron chi connectivity index (χ2n) is 5.56. The molecule has 2 aromatic heterocycles. The van der Waals surface area contributed by atoms with Crippen LogP contribution < -0.4 is 10.1 Å². The molecule has 0 spiro atoms. The van der Waals surface area contributed by atoms with Crippen LogP contribution >= 0.6 is 23.1 Å². The third-order valence-electron chi connectivity index (χ3n) is 3.60. The molecule has 3 rings (SSSR count). The van der Waals surface area contributed by atoms with Gasteiger partial charge in [-0.15, -0.1) is 21.5 Å². The normalized spacial score (nSPS) is 13.2. The lowest BCUT2D eigenvalue weighted by Gasteiger charge is -2.14. The van der Waals surface area contributed by atoms with E-state index in [0.29, 0.717) is 16.1 Å². The predicted molar refractivity (Wildman–Crippen MR) is 103 cm³/mol. The SMILES string of the molecule is C[C@H](Sc1nnc([C@@H](C)Oc2ccccc2)n1C)C(=O)Nc1nccs1. The Hall–Kier alpha value is -2.39. The van der Waals surface area contributed by atoms with Crippen LogP contribution in [0.3, 0.4) is 0 Å². The predicted octanol–water partition coefficient (Wildman–Crippen LogP) is 3.53. The lowest BCUT2D eigenvalue weighted by atomic mass is 10.3. The maximum absolute atomic E-state index is 12.3. The Labute approximate surface area is 159 Å². The third kappa shape index (κ3) is 4.41. The summed E-state index contributed by atoms with van der Waals surface area (Å²) in [4.78, 5) is 16.3. The Bertz CT molecular complexity index is 851. The third-order valence-corrected chi connectivity index (χ3v) is 5.42. The molecule has 0 fully saturated rings. The second kappa shape index (κ2) is 8.33. The van der Waals surface area contributed by atoms with Crippen molar-refractivity contribution in [2.45, 2.75) is 30.4 Å². The van der Waals surface area contributed by atoms with Crippen LogP contribution in [0.2, 0.25) is 0 Å². The number of thiazole rings is 1. The number of ether oxygens (including phenoxy) is 1. The first kappa shape index (κ1) is 18.4. The molecular weight excluding hydrogens is 370 g/mol. The van der Waals surface area contributed by atoms with Gasteiger partial charge in [-0.25, -0.2) is 4.98 Å². The molecule has 136 valence electrons. The van der Waals surface area contributed by atoms with Gasteiger partial charge in [0.05, 0.1) is 5.25 Å². The summed E-state index contributed by atoms with van der Waals surface area (Å²) in [5, 5.41) is 13.9. The van der Waals surface area contributed by atoms with Crippen molar-refractivity contribution in [2.75, 3.05) is 5.32 Å². The van der Waals surface area contributed by atoms with Gasteiger partial charge < -0.3 is 14.6 Å². The van der Waals surface area contributed by atoms with Crippen molar-refractivity contribution >= 4 is 34.1 Å². The Morgan fingerprint density at radius 1 is 1.27 bits per heavy atom. The summed E-state index contributed by atoms with van der Waals surface area (Å²) < 4.78 is 7.75. The lowest BCUT2D eigenvalue weighted by Crippen LogP contribution is -2.22. The number of aromatic nitrogens is 4. The number of nitrogens with zero attached hydrogens (tertiary/aromatic N) is 4. The van der Waals surface area contributed by atoms with E-state index in [1.54, 1.807) is 6.20 Å². The number of hydrogen-bond donors (Lipinski definition) is 1. The number of hydrogen-bond acceptors (Lipinski definition) is 7. The number of para-hydroxylation sites is 1. The summed E-state index contributed by atoms with van der Waals surface area (Å²) in [5.41, 5.74) is 0. The Morgan fingerprint density at radius 2 is 2.04 bits per heavy atom.